The summed E-state index contributed by atoms with van der Waals surface area (Å²) >= 11 is 0. The summed E-state index contributed by atoms with van der Waals surface area (Å²) in [5.41, 5.74) is 4.27. The van der Waals surface area contributed by atoms with Crippen molar-refractivity contribution >= 4 is 10.8 Å². The molecule has 0 saturated carbocycles. The van der Waals surface area contributed by atoms with E-state index >= 15 is 0 Å². The Morgan fingerprint density at radius 3 is 1.34 bits per heavy atom. The highest BCUT2D eigenvalue weighted by Gasteiger charge is 2.44. The number of aromatic hydroxyl groups is 4. The number of fused-ring (bicyclic) bond motifs is 1. The summed E-state index contributed by atoms with van der Waals surface area (Å²) in [4.78, 5) is 0. The van der Waals surface area contributed by atoms with Gasteiger partial charge in [0, 0.05) is 11.3 Å². The molecule has 0 aromatic heterocycles. The van der Waals surface area contributed by atoms with E-state index in [0.717, 1.165) is 38.6 Å². The van der Waals surface area contributed by atoms with Gasteiger partial charge < -0.3 is 20.4 Å². The van der Waals surface area contributed by atoms with E-state index in [1.54, 1.807) is 48.5 Å². The van der Waals surface area contributed by atoms with E-state index in [9.17, 15) is 20.4 Å². The maximum atomic E-state index is 10.3. The van der Waals surface area contributed by atoms with Crippen LogP contribution in [0.2, 0.25) is 0 Å². The molecule has 6 aromatic carbocycles. The van der Waals surface area contributed by atoms with Gasteiger partial charge in [-0.15, -0.1) is 0 Å². The van der Waals surface area contributed by atoms with Gasteiger partial charge in [0.2, 0.25) is 0 Å². The molecule has 4 heteroatoms. The van der Waals surface area contributed by atoms with Crippen LogP contribution in [0.25, 0.3) is 10.8 Å². The van der Waals surface area contributed by atoms with E-state index in [1.165, 1.54) is 0 Å². The van der Waals surface area contributed by atoms with Crippen LogP contribution in [-0.4, -0.2) is 20.4 Å². The predicted octanol–water partition coefficient (Wildman–Crippen LogP) is 8.02. The predicted molar refractivity (Wildman–Crippen MR) is 163 cm³/mol. The minimum Gasteiger partial charge on any atom is -0.508 e. The van der Waals surface area contributed by atoms with Crippen molar-refractivity contribution in [1.82, 2.24) is 0 Å². The van der Waals surface area contributed by atoms with Crippen LogP contribution in [0.3, 0.4) is 0 Å². The number of hydrogen-bond donors (Lipinski definition) is 4. The summed E-state index contributed by atoms with van der Waals surface area (Å²) in [6.07, 6.45) is 0.580. The Labute approximate surface area is 239 Å². The minimum absolute atomic E-state index is 0.171. The van der Waals surface area contributed by atoms with Crippen molar-refractivity contribution in [3.05, 3.63) is 167 Å². The highest BCUT2D eigenvalue weighted by atomic mass is 16.3. The molecule has 0 saturated heterocycles. The van der Waals surface area contributed by atoms with Gasteiger partial charge in [0.05, 0.1) is 0 Å². The maximum absolute atomic E-state index is 10.3. The van der Waals surface area contributed by atoms with E-state index < -0.39 is 5.41 Å². The molecule has 0 bridgehead atoms. The second-order valence-electron chi connectivity index (χ2n) is 10.5. The molecule has 0 unspecified atom stereocenters. The summed E-state index contributed by atoms with van der Waals surface area (Å²) in [6, 6.07) is 43.9. The molecular weight excluding hydrogens is 508 g/mol. The van der Waals surface area contributed by atoms with Crippen LogP contribution in [0.1, 0.15) is 33.7 Å². The van der Waals surface area contributed by atoms with Gasteiger partial charge in [0.1, 0.15) is 23.0 Å². The van der Waals surface area contributed by atoms with Crippen molar-refractivity contribution in [2.24, 2.45) is 0 Å². The van der Waals surface area contributed by atoms with Gasteiger partial charge in [0.25, 0.3) is 0 Å². The van der Waals surface area contributed by atoms with Crippen molar-refractivity contribution < 1.29 is 20.4 Å². The topological polar surface area (TPSA) is 80.9 Å². The third kappa shape index (κ3) is 4.96. The van der Waals surface area contributed by atoms with Crippen LogP contribution < -0.4 is 0 Å². The van der Waals surface area contributed by atoms with Crippen molar-refractivity contribution in [3.63, 3.8) is 0 Å². The molecule has 202 valence electrons. The van der Waals surface area contributed by atoms with Gasteiger partial charge in [-0.25, -0.2) is 0 Å². The first kappa shape index (κ1) is 26.0. The van der Waals surface area contributed by atoms with E-state index in [-0.39, 0.29) is 28.9 Å². The van der Waals surface area contributed by atoms with Crippen LogP contribution in [-0.2, 0) is 11.8 Å². The van der Waals surface area contributed by atoms with Crippen molar-refractivity contribution in [1.29, 1.82) is 0 Å². The Bertz CT molecular complexity index is 1680. The molecule has 0 radical (unpaired) electrons. The maximum Gasteiger partial charge on any atom is 0.115 e. The lowest BCUT2D eigenvalue weighted by Crippen LogP contribution is -2.38. The van der Waals surface area contributed by atoms with Crippen LogP contribution in [0.4, 0.5) is 0 Å². The fourth-order valence-corrected chi connectivity index (χ4v) is 6.17. The van der Waals surface area contributed by atoms with E-state index in [1.807, 2.05) is 60.7 Å². The SMILES string of the molecule is Oc1ccc(C(c2ccc(O)cc2)C(Cc2cccc3ccccc23)(c2ccc(O)cc2)c2ccc(O)cc2)cc1. The fourth-order valence-electron chi connectivity index (χ4n) is 6.17. The zero-order chi connectivity index (χ0) is 28.4. The summed E-state index contributed by atoms with van der Waals surface area (Å²) in [5, 5.41) is 43.3. The van der Waals surface area contributed by atoms with Crippen LogP contribution in [0.5, 0.6) is 23.0 Å². The molecule has 0 spiro atoms. The summed E-state index contributed by atoms with van der Waals surface area (Å²) in [7, 11) is 0. The molecular formula is C37H30O4. The first-order chi connectivity index (χ1) is 19.9. The number of benzene rings is 6. The molecule has 0 amide bonds. The largest absolute Gasteiger partial charge is 0.508 e. The number of phenols is 4. The van der Waals surface area contributed by atoms with Crippen molar-refractivity contribution in [2.75, 3.05) is 0 Å². The highest BCUT2D eigenvalue weighted by molar-refractivity contribution is 5.86. The van der Waals surface area contributed by atoms with Gasteiger partial charge in [0.15, 0.2) is 0 Å². The summed E-state index contributed by atoms with van der Waals surface area (Å²) in [6.45, 7) is 0. The number of rotatable bonds is 7. The Morgan fingerprint density at radius 2 is 0.854 bits per heavy atom. The third-order valence-corrected chi connectivity index (χ3v) is 8.06. The van der Waals surface area contributed by atoms with Crippen molar-refractivity contribution in [3.8, 4) is 23.0 Å². The van der Waals surface area contributed by atoms with Gasteiger partial charge in [-0.1, -0.05) is 91.0 Å². The quantitative estimate of drug-likeness (QED) is 0.166. The fraction of sp³-hybridized carbons (Fsp3) is 0.0811. The van der Waals surface area contributed by atoms with E-state index in [0.29, 0.717) is 6.42 Å². The zero-order valence-corrected chi connectivity index (χ0v) is 22.4. The summed E-state index contributed by atoms with van der Waals surface area (Å²) < 4.78 is 0. The summed E-state index contributed by atoms with van der Waals surface area (Å²) in [5.74, 6) is 0.393. The first-order valence-electron chi connectivity index (χ1n) is 13.6. The van der Waals surface area contributed by atoms with Crippen LogP contribution in [0.15, 0.2) is 140 Å². The Balaban J connectivity index is 1.73. The third-order valence-electron chi connectivity index (χ3n) is 8.06. The number of hydrogen-bond acceptors (Lipinski definition) is 4. The average molecular weight is 539 g/mol. The lowest BCUT2D eigenvalue weighted by Gasteiger charge is -2.43. The molecule has 6 rings (SSSR count). The molecule has 0 aliphatic heterocycles. The highest BCUT2D eigenvalue weighted by Crippen LogP contribution is 2.51. The first-order valence-corrected chi connectivity index (χ1v) is 13.6. The Kier molecular flexibility index (Phi) is 6.82. The monoisotopic (exact) mass is 538 g/mol. The average Bonchev–Trinajstić information content (AvgIpc) is 2.99. The molecule has 4 N–H and O–H groups in total. The Morgan fingerprint density at radius 1 is 0.439 bits per heavy atom. The molecule has 0 heterocycles. The number of phenolic OH excluding ortho intramolecular Hbond substituents is 4. The van der Waals surface area contributed by atoms with Gasteiger partial charge in [-0.05, 0) is 93.5 Å². The molecule has 4 nitrogen and oxygen atoms in total. The lowest BCUT2D eigenvalue weighted by molar-refractivity contribution is 0.440. The van der Waals surface area contributed by atoms with Gasteiger partial charge in [-0.2, -0.15) is 0 Å². The van der Waals surface area contributed by atoms with Crippen LogP contribution in [0, 0.1) is 0 Å². The molecule has 6 aromatic rings. The molecule has 0 aliphatic rings. The standard InChI is InChI=1S/C37H30O4/c38-31-16-8-26(9-17-31)36(27-10-18-32(39)19-11-27)37(29-12-20-33(40)21-13-29,30-14-22-34(41)23-15-30)24-28-6-3-5-25-4-1-2-7-35(25)28/h1-23,36,38-41H,24H2. The molecule has 41 heavy (non-hydrogen) atoms. The molecule has 0 aliphatic carbocycles. The normalized spacial score (nSPS) is 11.6. The van der Waals surface area contributed by atoms with Gasteiger partial charge >= 0.3 is 0 Å². The molecule has 0 fully saturated rings. The van der Waals surface area contributed by atoms with Gasteiger partial charge in [-0.3, -0.25) is 0 Å². The van der Waals surface area contributed by atoms with E-state index in [4.69, 9.17) is 0 Å². The van der Waals surface area contributed by atoms with Crippen LogP contribution >= 0.6 is 0 Å². The Hall–Kier alpha value is -5.22. The second-order valence-corrected chi connectivity index (χ2v) is 10.5. The minimum atomic E-state index is -0.751. The van der Waals surface area contributed by atoms with Crippen molar-refractivity contribution in [2.45, 2.75) is 17.8 Å². The van der Waals surface area contributed by atoms with E-state index in [2.05, 4.69) is 30.3 Å². The second kappa shape index (κ2) is 10.7. The zero-order valence-electron chi connectivity index (χ0n) is 22.4. The lowest BCUT2D eigenvalue weighted by atomic mass is 9.58. The molecule has 0 atom stereocenters. The smallest absolute Gasteiger partial charge is 0.115 e.